The standard InChI is InChI=1S/C9H15BO4/c1-6-7(11)12-10-13-8(2,3)9(4,5)14-10/h6H,1H2,2-5H3. The fraction of sp³-hybridized carbons (Fsp3) is 0.667. The minimum Gasteiger partial charge on any atom is -0.482 e. The zero-order valence-corrected chi connectivity index (χ0v) is 8.99. The molecule has 4 nitrogen and oxygen atoms in total. The second-order valence-electron chi connectivity index (χ2n) is 4.19. The van der Waals surface area contributed by atoms with Crippen LogP contribution in [0.4, 0.5) is 0 Å². The largest absolute Gasteiger partial charge is 0.716 e. The molecule has 0 N–H and O–H groups in total. The Morgan fingerprint density at radius 2 is 1.71 bits per heavy atom. The van der Waals surface area contributed by atoms with Crippen LogP contribution < -0.4 is 0 Å². The topological polar surface area (TPSA) is 44.8 Å². The lowest BCUT2D eigenvalue weighted by molar-refractivity contribution is -0.131. The molecule has 1 aliphatic heterocycles. The van der Waals surface area contributed by atoms with Gasteiger partial charge in [-0.15, -0.1) is 0 Å². The highest BCUT2D eigenvalue weighted by molar-refractivity contribution is 6.40. The van der Waals surface area contributed by atoms with Crippen LogP contribution in [0.1, 0.15) is 27.7 Å². The molecule has 0 amide bonds. The Morgan fingerprint density at radius 3 is 2.07 bits per heavy atom. The summed E-state index contributed by atoms with van der Waals surface area (Å²) in [4.78, 5) is 10.9. The molecule has 0 unspecified atom stereocenters. The van der Waals surface area contributed by atoms with Crippen LogP contribution in [0.15, 0.2) is 12.7 Å². The highest BCUT2D eigenvalue weighted by Gasteiger charge is 2.54. The summed E-state index contributed by atoms with van der Waals surface area (Å²) in [7, 11) is -0.939. The predicted octanol–water partition coefficient (Wildman–Crippen LogP) is 1.30. The van der Waals surface area contributed by atoms with E-state index in [0.29, 0.717) is 0 Å². The minimum absolute atomic E-state index is 0.487. The average molecular weight is 198 g/mol. The SMILES string of the molecule is C=CC(=O)OB1OC(C)(C)C(C)(C)O1. The summed E-state index contributed by atoms with van der Waals surface area (Å²) in [5.41, 5.74) is -0.974. The van der Waals surface area contributed by atoms with E-state index in [-0.39, 0.29) is 0 Å². The van der Waals surface area contributed by atoms with Crippen LogP contribution in [-0.2, 0) is 18.8 Å². The van der Waals surface area contributed by atoms with Gasteiger partial charge in [0.25, 0.3) is 0 Å². The van der Waals surface area contributed by atoms with Crippen molar-refractivity contribution in [1.82, 2.24) is 0 Å². The lowest BCUT2D eigenvalue weighted by atomic mass is 9.90. The fourth-order valence-corrected chi connectivity index (χ4v) is 0.980. The third-order valence-electron chi connectivity index (χ3n) is 2.61. The molecule has 0 atom stereocenters. The predicted molar refractivity (Wildman–Crippen MR) is 52.4 cm³/mol. The number of rotatable bonds is 2. The molecule has 1 fully saturated rings. The van der Waals surface area contributed by atoms with Gasteiger partial charge in [0.1, 0.15) is 0 Å². The highest BCUT2D eigenvalue weighted by Crippen LogP contribution is 2.36. The summed E-state index contributed by atoms with van der Waals surface area (Å²) in [6.45, 7) is 10.8. The van der Waals surface area contributed by atoms with Gasteiger partial charge in [-0.1, -0.05) is 6.58 Å². The van der Waals surface area contributed by atoms with Crippen molar-refractivity contribution in [2.45, 2.75) is 38.9 Å². The summed E-state index contributed by atoms with van der Waals surface area (Å²) in [5, 5.41) is 0. The van der Waals surface area contributed by atoms with Crippen LogP contribution in [0.2, 0.25) is 0 Å². The Hall–Kier alpha value is -0.805. The van der Waals surface area contributed by atoms with Gasteiger partial charge < -0.3 is 14.0 Å². The molecule has 0 radical (unpaired) electrons. The maximum Gasteiger partial charge on any atom is 0.716 e. The molecule has 5 heteroatoms. The smallest absolute Gasteiger partial charge is 0.482 e. The lowest BCUT2D eigenvalue weighted by Crippen LogP contribution is -2.41. The van der Waals surface area contributed by atoms with E-state index in [1.54, 1.807) is 0 Å². The molecule has 1 heterocycles. The molecule has 0 spiro atoms. The van der Waals surface area contributed by atoms with Crippen LogP contribution in [-0.4, -0.2) is 24.5 Å². The van der Waals surface area contributed by atoms with Crippen molar-refractivity contribution >= 4 is 13.3 Å². The first kappa shape index (κ1) is 11.3. The van der Waals surface area contributed by atoms with E-state index in [4.69, 9.17) is 14.0 Å². The van der Waals surface area contributed by atoms with Gasteiger partial charge in [-0.25, -0.2) is 4.79 Å². The zero-order valence-electron chi connectivity index (χ0n) is 8.99. The summed E-state index contributed by atoms with van der Waals surface area (Å²) in [6.07, 6.45) is 1.07. The molecular formula is C9H15BO4. The molecule has 1 aliphatic rings. The summed E-state index contributed by atoms with van der Waals surface area (Å²) in [5.74, 6) is -0.552. The summed E-state index contributed by atoms with van der Waals surface area (Å²) in [6, 6.07) is 0. The first-order valence-electron chi connectivity index (χ1n) is 4.47. The van der Waals surface area contributed by atoms with E-state index in [2.05, 4.69) is 6.58 Å². The Morgan fingerprint density at radius 1 is 1.29 bits per heavy atom. The maximum atomic E-state index is 10.9. The number of carbonyl (C=O) groups is 1. The quantitative estimate of drug-likeness (QED) is 0.495. The van der Waals surface area contributed by atoms with Gasteiger partial charge in [0, 0.05) is 6.08 Å². The van der Waals surface area contributed by atoms with Crippen LogP contribution in [0.3, 0.4) is 0 Å². The van der Waals surface area contributed by atoms with E-state index in [1.165, 1.54) is 0 Å². The molecule has 0 aliphatic carbocycles. The van der Waals surface area contributed by atoms with Crippen LogP contribution in [0.25, 0.3) is 0 Å². The zero-order chi connectivity index (χ0) is 11.0. The van der Waals surface area contributed by atoms with Crippen LogP contribution >= 0.6 is 0 Å². The Balaban J connectivity index is 2.64. The number of hydrogen-bond acceptors (Lipinski definition) is 4. The second kappa shape index (κ2) is 3.40. The molecule has 0 bridgehead atoms. The molecule has 14 heavy (non-hydrogen) atoms. The van der Waals surface area contributed by atoms with Crippen molar-refractivity contribution in [1.29, 1.82) is 0 Å². The molecule has 0 aromatic rings. The van der Waals surface area contributed by atoms with Gasteiger partial charge in [-0.2, -0.15) is 0 Å². The van der Waals surface area contributed by atoms with Crippen LogP contribution in [0, 0.1) is 0 Å². The Kier molecular flexibility index (Phi) is 2.74. The van der Waals surface area contributed by atoms with Crippen molar-refractivity contribution in [3.8, 4) is 0 Å². The summed E-state index contributed by atoms with van der Waals surface area (Å²) >= 11 is 0. The van der Waals surface area contributed by atoms with Crippen molar-refractivity contribution in [2.24, 2.45) is 0 Å². The van der Waals surface area contributed by atoms with E-state index >= 15 is 0 Å². The van der Waals surface area contributed by atoms with Gasteiger partial charge in [0.05, 0.1) is 11.2 Å². The first-order valence-corrected chi connectivity index (χ1v) is 4.47. The minimum atomic E-state index is -0.939. The molecule has 78 valence electrons. The number of hydrogen-bond donors (Lipinski definition) is 0. The van der Waals surface area contributed by atoms with E-state index in [0.717, 1.165) is 6.08 Å². The first-order chi connectivity index (χ1) is 6.28. The van der Waals surface area contributed by atoms with Gasteiger partial charge in [-0.05, 0) is 27.7 Å². The maximum absolute atomic E-state index is 10.9. The van der Waals surface area contributed by atoms with Gasteiger partial charge in [-0.3, -0.25) is 0 Å². The van der Waals surface area contributed by atoms with E-state index in [9.17, 15) is 4.79 Å². The molecule has 1 saturated heterocycles. The van der Waals surface area contributed by atoms with Gasteiger partial charge >= 0.3 is 13.3 Å². The van der Waals surface area contributed by atoms with Gasteiger partial charge in [0.15, 0.2) is 0 Å². The molecule has 1 rings (SSSR count). The second-order valence-corrected chi connectivity index (χ2v) is 4.19. The van der Waals surface area contributed by atoms with E-state index < -0.39 is 24.5 Å². The monoisotopic (exact) mass is 198 g/mol. The van der Waals surface area contributed by atoms with Gasteiger partial charge in [0.2, 0.25) is 0 Å². The summed E-state index contributed by atoms with van der Waals surface area (Å²) < 4.78 is 15.7. The fourth-order valence-electron chi connectivity index (χ4n) is 0.980. The van der Waals surface area contributed by atoms with Crippen molar-refractivity contribution in [2.75, 3.05) is 0 Å². The van der Waals surface area contributed by atoms with Crippen molar-refractivity contribution < 1.29 is 18.8 Å². The third-order valence-corrected chi connectivity index (χ3v) is 2.61. The van der Waals surface area contributed by atoms with Crippen molar-refractivity contribution in [3.05, 3.63) is 12.7 Å². The highest BCUT2D eigenvalue weighted by atomic mass is 16.8. The normalized spacial score (nSPS) is 23.3. The molecular weight excluding hydrogens is 183 g/mol. The lowest BCUT2D eigenvalue weighted by Gasteiger charge is -2.31. The Labute approximate surface area is 84.4 Å². The van der Waals surface area contributed by atoms with E-state index in [1.807, 2.05) is 27.7 Å². The number of carbonyl (C=O) groups excluding carboxylic acids is 1. The third kappa shape index (κ3) is 1.99. The molecule has 0 aromatic carbocycles. The Bertz CT molecular complexity index is 244. The van der Waals surface area contributed by atoms with Crippen LogP contribution in [0.5, 0.6) is 0 Å². The average Bonchev–Trinajstić information content (AvgIpc) is 2.20. The molecule has 0 saturated carbocycles. The van der Waals surface area contributed by atoms with Crippen molar-refractivity contribution in [3.63, 3.8) is 0 Å². The molecule has 0 aromatic heterocycles.